The van der Waals surface area contributed by atoms with Crippen LogP contribution in [-0.4, -0.2) is 17.6 Å². The molecular formula is C7H9NO2S. The van der Waals surface area contributed by atoms with E-state index in [0.29, 0.717) is 0 Å². The zero-order valence-electron chi connectivity index (χ0n) is 6.13. The third kappa shape index (κ3) is 2.23. The number of hydrogen-bond acceptors (Lipinski definition) is 3. The van der Waals surface area contributed by atoms with Crippen molar-refractivity contribution < 1.29 is 9.90 Å². The Kier molecular flexibility index (Phi) is 2.48. The maximum Gasteiger partial charge on any atom is 0.322 e. The zero-order valence-corrected chi connectivity index (χ0v) is 6.94. The summed E-state index contributed by atoms with van der Waals surface area (Å²) in [5.74, 6) is -0.835. The molecule has 3 nitrogen and oxygen atoms in total. The van der Waals surface area contributed by atoms with Gasteiger partial charge in [0.05, 0.1) is 5.00 Å². The fourth-order valence-electron chi connectivity index (χ4n) is 0.710. The van der Waals surface area contributed by atoms with Gasteiger partial charge in [0.2, 0.25) is 0 Å². The Morgan fingerprint density at radius 1 is 1.82 bits per heavy atom. The third-order valence-electron chi connectivity index (χ3n) is 1.26. The van der Waals surface area contributed by atoms with Gasteiger partial charge in [-0.3, -0.25) is 4.79 Å². The largest absolute Gasteiger partial charge is 0.480 e. The highest BCUT2D eigenvalue weighted by molar-refractivity contribution is 7.14. The molecule has 0 radical (unpaired) electrons. The van der Waals surface area contributed by atoms with Gasteiger partial charge in [0.15, 0.2) is 0 Å². The lowest BCUT2D eigenvalue weighted by atomic mass is 10.4. The number of carbonyl (C=O) groups is 1. The molecule has 0 aliphatic heterocycles. The first-order chi connectivity index (χ1) is 5.20. The van der Waals surface area contributed by atoms with E-state index in [1.54, 1.807) is 0 Å². The lowest BCUT2D eigenvalue weighted by Gasteiger charge is -1.99. The van der Waals surface area contributed by atoms with Crippen LogP contribution in [0.1, 0.15) is 5.56 Å². The van der Waals surface area contributed by atoms with E-state index >= 15 is 0 Å². The smallest absolute Gasteiger partial charge is 0.322 e. The van der Waals surface area contributed by atoms with Gasteiger partial charge in [-0.25, -0.2) is 0 Å². The van der Waals surface area contributed by atoms with Crippen LogP contribution in [0.2, 0.25) is 0 Å². The predicted molar refractivity (Wildman–Crippen MR) is 45.2 cm³/mol. The number of carboxylic acids is 1. The molecule has 4 heteroatoms. The normalized spacial score (nSPS) is 9.55. The van der Waals surface area contributed by atoms with Gasteiger partial charge in [-0.05, 0) is 23.9 Å². The zero-order chi connectivity index (χ0) is 8.27. The second kappa shape index (κ2) is 3.39. The monoisotopic (exact) mass is 171 g/mol. The van der Waals surface area contributed by atoms with Crippen LogP contribution in [0.3, 0.4) is 0 Å². The average molecular weight is 171 g/mol. The van der Waals surface area contributed by atoms with Crippen LogP contribution in [0.4, 0.5) is 5.00 Å². The first kappa shape index (κ1) is 8.07. The minimum atomic E-state index is -0.835. The summed E-state index contributed by atoms with van der Waals surface area (Å²) >= 11 is 1.52. The van der Waals surface area contributed by atoms with Crippen molar-refractivity contribution in [2.24, 2.45) is 0 Å². The van der Waals surface area contributed by atoms with Gasteiger partial charge in [-0.1, -0.05) is 0 Å². The van der Waals surface area contributed by atoms with Crippen molar-refractivity contribution in [2.75, 3.05) is 11.9 Å². The van der Waals surface area contributed by atoms with Crippen LogP contribution in [0.25, 0.3) is 0 Å². The Hall–Kier alpha value is -1.03. The van der Waals surface area contributed by atoms with Crippen molar-refractivity contribution >= 4 is 22.3 Å². The molecule has 0 aromatic carbocycles. The van der Waals surface area contributed by atoms with E-state index in [4.69, 9.17) is 5.11 Å². The summed E-state index contributed by atoms with van der Waals surface area (Å²) in [7, 11) is 0. The quantitative estimate of drug-likeness (QED) is 0.725. The van der Waals surface area contributed by atoms with Gasteiger partial charge >= 0.3 is 5.97 Å². The first-order valence-corrected chi connectivity index (χ1v) is 4.08. The van der Waals surface area contributed by atoms with Crippen molar-refractivity contribution in [3.63, 3.8) is 0 Å². The van der Waals surface area contributed by atoms with E-state index in [9.17, 15) is 4.79 Å². The molecule has 1 heterocycles. The lowest BCUT2D eigenvalue weighted by molar-refractivity contribution is -0.134. The second-order valence-corrected chi connectivity index (χ2v) is 3.10. The summed E-state index contributed by atoms with van der Waals surface area (Å²) in [6, 6.07) is 1.95. The molecule has 0 amide bonds. The second-order valence-electron chi connectivity index (χ2n) is 2.18. The highest BCUT2D eigenvalue weighted by atomic mass is 32.1. The molecule has 0 spiro atoms. The Labute approximate surface area is 68.7 Å². The van der Waals surface area contributed by atoms with Crippen molar-refractivity contribution in [1.82, 2.24) is 0 Å². The summed E-state index contributed by atoms with van der Waals surface area (Å²) in [5.41, 5.74) is 1.09. The SMILES string of the molecule is Cc1ccsc1NCC(=O)O. The maximum atomic E-state index is 10.1. The standard InChI is InChI=1S/C7H9NO2S/c1-5-2-3-11-7(5)8-4-6(9)10/h2-3,8H,4H2,1H3,(H,9,10). The van der Waals surface area contributed by atoms with Gasteiger partial charge < -0.3 is 10.4 Å². The molecule has 0 saturated carbocycles. The van der Waals surface area contributed by atoms with E-state index in [1.807, 2.05) is 18.4 Å². The van der Waals surface area contributed by atoms with Crippen LogP contribution in [0.15, 0.2) is 11.4 Å². The van der Waals surface area contributed by atoms with Gasteiger partial charge in [0.25, 0.3) is 0 Å². The molecule has 0 aliphatic rings. The van der Waals surface area contributed by atoms with Crippen molar-refractivity contribution in [3.05, 3.63) is 17.0 Å². The summed E-state index contributed by atoms with van der Waals surface area (Å²) < 4.78 is 0. The number of aliphatic carboxylic acids is 1. The highest BCUT2D eigenvalue weighted by Crippen LogP contribution is 2.21. The Balaban J connectivity index is 2.51. The van der Waals surface area contributed by atoms with Gasteiger partial charge in [-0.15, -0.1) is 11.3 Å². The average Bonchev–Trinajstić information content (AvgIpc) is 2.31. The molecule has 0 unspecified atom stereocenters. The summed E-state index contributed by atoms with van der Waals surface area (Å²) in [6.07, 6.45) is 0. The molecule has 0 fully saturated rings. The molecule has 1 aromatic heterocycles. The number of hydrogen-bond donors (Lipinski definition) is 2. The molecular weight excluding hydrogens is 162 g/mol. The number of thiophene rings is 1. The number of carboxylic acid groups (broad SMARTS) is 1. The summed E-state index contributed by atoms with van der Waals surface area (Å²) in [4.78, 5) is 10.1. The van der Waals surface area contributed by atoms with E-state index < -0.39 is 5.97 Å². The predicted octanol–water partition coefficient (Wildman–Crippen LogP) is 1.55. The minimum Gasteiger partial charge on any atom is -0.480 e. The molecule has 0 atom stereocenters. The van der Waals surface area contributed by atoms with Crippen LogP contribution < -0.4 is 5.32 Å². The fourth-order valence-corrected chi connectivity index (χ4v) is 1.53. The van der Waals surface area contributed by atoms with Crippen LogP contribution in [-0.2, 0) is 4.79 Å². The fraction of sp³-hybridized carbons (Fsp3) is 0.286. The van der Waals surface area contributed by atoms with Crippen molar-refractivity contribution in [2.45, 2.75) is 6.92 Å². The molecule has 2 N–H and O–H groups in total. The van der Waals surface area contributed by atoms with E-state index in [1.165, 1.54) is 11.3 Å². The molecule has 0 saturated heterocycles. The third-order valence-corrected chi connectivity index (χ3v) is 2.24. The topological polar surface area (TPSA) is 49.3 Å². The summed E-state index contributed by atoms with van der Waals surface area (Å²) in [6.45, 7) is 1.93. The van der Waals surface area contributed by atoms with Crippen LogP contribution >= 0.6 is 11.3 Å². The number of anilines is 1. The molecule has 60 valence electrons. The van der Waals surface area contributed by atoms with Crippen LogP contribution in [0, 0.1) is 6.92 Å². The Morgan fingerprint density at radius 3 is 3.00 bits per heavy atom. The van der Waals surface area contributed by atoms with Crippen molar-refractivity contribution in [1.29, 1.82) is 0 Å². The van der Waals surface area contributed by atoms with Gasteiger partial charge in [0, 0.05) is 0 Å². The van der Waals surface area contributed by atoms with Crippen molar-refractivity contribution in [3.8, 4) is 0 Å². The highest BCUT2D eigenvalue weighted by Gasteiger charge is 2.00. The number of aryl methyl sites for hydroxylation is 1. The van der Waals surface area contributed by atoms with Crippen LogP contribution in [0.5, 0.6) is 0 Å². The first-order valence-electron chi connectivity index (χ1n) is 3.20. The maximum absolute atomic E-state index is 10.1. The molecule has 1 aromatic rings. The number of rotatable bonds is 3. The van der Waals surface area contributed by atoms with Gasteiger partial charge in [0.1, 0.15) is 6.54 Å². The lowest BCUT2D eigenvalue weighted by Crippen LogP contribution is -2.11. The molecule has 1 rings (SSSR count). The molecule has 0 bridgehead atoms. The molecule has 11 heavy (non-hydrogen) atoms. The number of nitrogens with one attached hydrogen (secondary N) is 1. The summed E-state index contributed by atoms with van der Waals surface area (Å²) in [5, 5.41) is 14.0. The minimum absolute atomic E-state index is 0.0125. The Morgan fingerprint density at radius 2 is 2.55 bits per heavy atom. The molecule has 0 aliphatic carbocycles. The van der Waals surface area contributed by atoms with E-state index in [-0.39, 0.29) is 6.54 Å². The van der Waals surface area contributed by atoms with E-state index in [2.05, 4.69) is 5.32 Å². The van der Waals surface area contributed by atoms with Gasteiger partial charge in [-0.2, -0.15) is 0 Å². The Bertz CT molecular complexity index is 257. The van der Waals surface area contributed by atoms with E-state index in [0.717, 1.165) is 10.6 Å².